The van der Waals surface area contributed by atoms with Gasteiger partial charge in [0.1, 0.15) is 17.6 Å². The van der Waals surface area contributed by atoms with Gasteiger partial charge in [0.15, 0.2) is 0 Å². The Morgan fingerprint density at radius 1 is 0.906 bits per heavy atom. The van der Waals surface area contributed by atoms with Crippen LogP contribution in [0.4, 0.5) is 0 Å². The van der Waals surface area contributed by atoms with Crippen LogP contribution in [0.15, 0.2) is 59.2 Å². The zero-order valence-electron chi connectivity index (χ0n) is 30.4. The number of allylic oxidation sites excluding steroid dienone is 1. The molecule has 53 heavy (non-hydrogen) atoms. The average molecular weight is 722 g/mol. The highest BCUT2D eigenvalue weighted by Gasteiger charge is 2.40. The van der Waals surface area contributed by atoms with Gasteiger partial charge in [-0.05, 0) is 100 Å². The molecule has 2 unspecified atom stereocenters. The molecule has 13 nitrogen and oxygen atoms in total. The van der Waals surface area contributed by atoms with Gasteiger partial charge in [-0.25, -0.2) is 0 Å². The average Bonchev–Trinajstić information content (AvgIpc) is 3.50. The molecule has 6 aliphatic heterocycles. The van der Waals surface area contributed by atoms with Crippen LogP contribution in [-0.4, -0.2) is 142 Å². The second-order valence-corrected chi connectivity index (χ2v) is 15.5. The number of imide groups is 1. The number of rotatable bonds is 8. The summed E-state index contributed by atoms with van der Waals surface area (Å²) in [4.78, 5) is 53.6. The third kappa shape index (κ3) is 7.34. The maximum Gasteiger partial charge on any atom is 0.255 e. The molecule has 6 heterocycles. The number of nitrogens with two attached hydrogens (primary N) is 1. The van der Waals surface area contributed by atoms with Gasteiger partial charge < -0.3 is 35.8 Å². The Balaban J connectivity index is 0.777. The normalized spacial score (nSPS) is 26.1. The van der Waals surface area contributed by atoms with Crippen molar-refractivity contribution in [3.05, 3.63) is 76.5 Å². The first-order valence-electron chi connectivity index (χ1n) is 19.3. The van der Waals surface area contributed by atoms with Gasteiger partial charge >= 0.3 is 0 Å². The zero-order valence-corrected chi connectivity index (χ0v) is 30.4. The molecule has 2 atom stereocenters. The van der Waals surface area contributed by atoms with E-state index in [0.717, 1.165) is 70.0 Å². The smallest absolute Gasteiger partial charge is 0.255 e. The monoisotopic (exact) mass is 721 g/mol. The lowest BCUT2D eigenvalue weighted by atomic mass is 9.95. The second kappa shape index (κ2) is 15.0. The van der Waals surface area contributed by atoms with Crippen LogP contribution < -0.4 is 11.1 Å². The van der Waals surface area contributed by atoms with E-state index in [9.17, 15) is 19.5 Å². The third-order valence-electron chi connectivity index (χ3n) is 12.4. The number of aliphatic imine (C=N–C) groups is 1. The highest BCUT2D eigenvalue weighted by Crippen LogP contribution is 2.30. The van der Waals surface area contributed by atoms with Crippen LogP contribution in [0.2, 0.25) is 0 Å². The van der Waals surface area contributed by atoms with E-state index < -0.39 is 6.04 Å². The number of aromatic hydroxyl groups is 1. The summed E-state index contributed by atoms with van der Waals surface area (Å²) in [5, 5.41) is 21.3. The van der Waals surface area contributed by atoms with Gasteiger partial charge in [0.05, 0.1) is 24.0 Å². The highest BCUT2D eigenvalue weighted by atomic mass is 16.3. The van der Waals surface area contributed by atoms with Crippen molar-refractivity contribution >= 4 is 29.3 Å². The van der Waals surface area contributed by atoms with Crippen LogP contribution in [-0.2, 0) is 22.6 Å². The molecule has 0 aliphatic carbocycles. The van der Waals surface area contributed by atoms with Crippen LogP contribution in [0.5, 0.6) is 5.75 Å². The summed E-state index contributed by atoms with van der Waals surface area (Å²) in [6.45, 7) is 9.31. The number of amides is 3. The van der Waals surface area contributed by atoms with Crippen LogP contribution in [0, 0.1) is 5.41 Å². The molecule has 5 N–H and O–H groups in total. The van der Waals surface area contributed by atoms with E-state index in [-0.39, 0.29) is 41.6 Å². The minimum atomic E-state index is -0.580. The van der Waals surface area contributed by atoms with E-state index in [0.29, 0.717) is 48.6 Å². The molecule has 4 saturated heterocycles. The molecular formula is C40H51N9O4. The van der Waals surface area contributed by atoms with Crippen LogP contribution in [0.1, 0.15) is 65.6 Å². The van der Waals surface area contributed by atoms with Crippen LogP contribution >= 0.6 is 0 Å². The summed E-state index contributed by atoms with van der Waals surface area (Å²) in [6.07, 6.45) is 8.08. The SMILES string of the molecule is N=C(/C=C1\C(N)=NCC2CN(C3CCN(C4CCN(CCc5ccc6c(c5)CN(C5CCC(=O)NC5=O)C6=O)CC4)CC3)CCN12)c1ccccc1O. The summed E-state index contributed by atoms with van der Waals surface area (Å²) in [7, 11) is 0. The van der Waals surface area contributed by atoms with Crippen molar-refractivity contribution in [1.82, 2.24) is 29.8 Å². The predicted octanol–water partition coefficient (Wildman–Crippen LogP) is 1.93. The van der Waals surface area contributed by atoms with Crippen molar-refractivity contribution in [1.29, 1.82) is 5.41 Å². The maximum atomic E-state index is 13.1. The van der Waals surface area contributed by atoms with Crippen molar-refractivity contribution in [3.63, 3.8) is 0 Å². The van der Waals surface area contributed by atoms with Gasteiger partial charge in [-0.15, -0.1) is 0 Å². The standard InChI is InChI=1S/C40H51N9O4/c41-33(32-3-1-2-4-36(32)50)22-35-38(42)43-23-30-25-47(19-20-48(30)35)29-12-17-46(18-13-29)28-10-15-45(16-11-28)14-9-26-5-6-31-27(21-26)24-49(40(31)53)34-7-8-37(51)44-39(34)52/h1-6,21-22,28-30,34,41,50H,7-20,23-25H2,(H2,42,43)(H,44,51,52)/b35-22+,41-33?. The lowest BCUT2D eigenvalue weighted by molar-refractivity contribution is -0.136. The number of piperidine rings is 3. The van der Waals surface area contributed by atoms with Gasteiger partial charge in [0.2, 0.25) is 11.8 Å². The Labute approximate surface area is 311 Å². The third-order valence-corrected chi connectivity index (χ3v) is 12.4. The number of piperazine rings is 1. The molecular weight excluding hydrogens is 670 g/mol. The number of carbonyl (C=O) groups excluding carboxylic acids is 3. The van der Waals surface area contributed by atoms with Gasteiger partial charge in [0.25, 0.3) is 5.91 Å². The number of para-hydroxylation sites is 1. The number of nitrogens with zero attached hydrogens (tertiary/aromatic N) is 6. The molecule has 13 heteroatoms. The lowest BCUT2D eigenvalue weighted by Crippen LogP contribution is -2.60. The summed E-state index contributed by atoms with van der Waals surface area (Å²) in [5.74, 6) is -0.199. The van der Waals surface area contributed by atoms with E-state index in [2.05, 4.69) is 42.0 Å². The number of fused-ring (bicyclic) bond motifs is 2. The van der Waals surface area contributed by atoms with E-state index in [4.69, 9.17) is 11.1 Å². The van der Waals surface area contributed by atoms with Crippen molar-refractivity contribution in [3.8, 4) is 5.75 Å². The van der Waals surface area contributed by atoms with E-state index in [1.54, 1.807) is 29.2 Å². The van der Waals surface area contributed by atoms with E-state index >= 15 is 0 Å². The molecule has 0 aromatic heterocycles. The van der Waals surface area contributed by atoms with Crippen molar-refractivity contribution < 1.29 is 19.5 Å². The van der Waals surface area contributed by atoms with Crippen molar-refractivity contribution in [2.75, 3.05) is 58.9 Å². The van der Waals surface area contributed by atoms with Gasteiger partial charge in [-0.2, -0.15) is 0 Å². The van der Waals surface area contributed by atoms with E-state index in [1.165, 1.54) is 31.2 Å². The summed E-state index contributed by atoms with van der Waals surface area (Å²) < 4.78 is 0. The molecule has 0 spiro atoms. The van der Waals surface area contributed by atoms with Crippen LogP contribution in [0.25, 0.3) is 0 Å². The fourth-order valence-electron chi connectivity index (χ4n) is 9.38. The summed E-state index contributed by atoms with van der Waals surface area (Å²) in [6, 6.07) is 13.9. The fraction of sp³-hybridized carbons (Fsp3) is 0.525. The number of nitrogens with one attached hydrogen (secondary N) is 2. The molecule has 6 aliphatic rings. The number of hydrogen-bond acceptors (Lipinski definition) is 11. The number of phenols is 1. The Bertz CT molecular complexity index is 1830. The predicted molar refractivity (Wildman–Crippen MR) is 202 cm³/mol. The molecule has 0 saturated carbocycles. The number of carbonyl (C=O) groups is 3. The Kier molecular flexibility index (Phi) is 10.1. The van der Waals surface area contributed by atoms with E-state index in [1.807, 2.05) is 12.1 Å². The summed E-state index contributed by atoms with van der Waals surface area (Å²) in [5.41, 5.74) is 10.7. The quantitative estimate of drug-likeness (QED) is 0.236. The number of phenolic OH excluding ortho intramolecular Hbond substituents is 1. The first-order chi connectivity index (χ1) is 25.7. The molecule has 3 amide bonds. The van der Waals surface area contributed by atoms with Crippen molar-refractivity contribution in [2.45, 2.75) is 75.7 Å². The molecule has 280 valence electrons. The molecule has 2 aromatic rings. The Morgan fingerprint density at radius 3 is 2.43 bits per heavy atom. The van der Waals surface area contributed by atoms with Crippen molar-refractivity contribution in [2.24, 2.45) is 10.7 Å². The topological polar surface area (TPSA) is 162 Å². The van der Waals surface area contributed by atoms with Crippen LogP contribution in [0.3, 0.4) is 0 Å². The number of amidine groups is 1. The number of hydrogen-bond donors (Lipinski definition) is 4. The van der Waals surface area contributed by atoms with Gasteiger partial charge in [-0.1, -0.05) is 24.3 Å². The molecule has 0 radical (unpaired) electrons. The second-order valence-electron chi connectivity index (χ2n) is 15.5. The molecule has 4 fully saturated rings. The molecule has 8 rings (SSSR count). The molecule has 0 bridgehead atoms. The Hall–Kier alpha value is -4.59. The number of benzene rings is 2. The molecule has 2 aromatic carbocycles. The van der Waals surface area contributed by atoms with Gasteiger partial charge in [-0.3, -0.25) is 29.6 Å². The lowest BCUT2D eigenvalue weighted by Gasteiger charge is -2.49. The number of likely N-dealkylation sites (tertiary alicyclic amines) is 2. The zero-order chi connectivity index (χ0) is 36.6. The minimum absolute atomic E-state index is 0.0917. The fourth-order valence-corrected chi connectivity index (χ4v) is 9.38. The summed E-state index contributed by atoms with van der Waals surface area (Å²) >= 11 is 0. The maximum absolute atomic E-state index is 13.1. The highest BCUT2D eigenvalue weighted by molar-refractivity contribution is 6.13. The van der Waals surface area contributed by atoms with Gasteiger partial charge in [0, 0.05) is 62.4 Å². The Morgan fingerprint density at radius 2 is 1.66 bits per heavy atom. The first-order valence-corrected chi connectivity index (χ1v) is 19.3. The minimum Gasteiger partial charge on any atom is -0.507 e. The largest absolute Gasteiger partial charge is 0.507 e. The first kappa shape index (κ1) is 35.4.